The molecule has 0 aliphatic carbocycles. The lowest BCUT2D eigenvalue weighted by Crippen LogP contribution is -2.26. The maximum Gasteiger partial charge on any atom is 0.253 e. The van der Waals surface area contributed by atoms with E-state index in [0.717, 1.165) is 5.56 Å². The summed E-state index contributed by atoms with van der Waals surface area (Å²) in [7, 11) is -5.33. The molecule has 1 saturated heterocycles. The molecule has 144 valence electrons. The second kappa shape index (κ2) is 7.44. The van der Waals surface area contributed by atoms with Crippen molar-refractivity contribution in [1.29, 1.82) is 0 Å². The minimum absolute atomic E-state index is 0.0480. The topological polar surface area (TPSA) is 88.6 Å². The third-order valence-corrected chi connectivity index (χ3v) is 8.86. The third kappa shape index (κ3) is 4.39. The predicted molar refractivity (Wildman–Crippen MR) is 103 cm³/mol. The van der Waals surface area contributed by atoms with Crippen molar-refractivity contribution in [2.24, 2.45) is 0 Å². The summed E-state index contributed by atoms with van der Waals surface area (Å²) < 4.78 is 48.4. The van der Waals surface area contributed by atoms with E-state index >= 15 is 0 Å². The van der Waals surface area contributed by atoms with Crippen LogP contribution in [0.1, 0.15) is 22.3 Å². The van der Waals surface area contributed by atoms with Gasteiger partial charge in [-0.2, -0.15) is 0 Å². The Balaban J connectivity index is 1.74. The van der Waals surface area contributed by atoms with Crippen LogP contribution in [0.15, 0.2) is 59.5 Å². The number of hydrogen-bond acceptors (Lipinski definition) is 5. The first-order valence-corrected chi connectivity index (χ1v) is 11.9. The van der Waals surface area contributed by atoms with Gasteiger partial charge in [-0.25, -0.2) is 16.8 Å². The summed E-state index contributed by atoms with van der Waals surface area (Å²) in [6.07, 6.45) is 0.116. The van der Waals surface area contributed by atoms with E-state index in [0.29, 0.717) is 12.1 Å². The van der Waals surface area contributed by atoms with Gasteiger partial charge in [0.25, 0.3) is 5.91 Å². The van der Waals surface area contributed by atoms with Gasteiger partial charge in [0, 0.05) is 19.2 Å². The number of hydrogen-bond donors (Lipinski definition) is 0. The van der Waals surface area contributed by atoms with Gasteiger partial charge in [0.2, 0.25) is 0 Å². The molecule has 1 aliphatic heterocycles. The van der Waals surface area contributed by atoms with E-state index in [4.69, 9.17) is 0 Å². The Kier molecular flexibility index (Phi) is 5.39. The zero-order valence-corrected chi connectivity index (χ0v) is 16.5. The Morgan fingerprint density at radius 3 is 2.26 bits per heavy atom. The SMILES string of the molecule is CN(Cc1ccccc1)C(=O)c1ccc(S(=O)(=O)C2CCS(=O)(=O)C2)cc1. The van der Waals surface area contributed by atoms with Crippen molar-refractivity contribution < 1.29 is 21.6 Å². The molecule has 0 saturated carbocycles. The van der Waals surface area contributed by atoms with Crippen molar-refractivity contribution in [1.82, 2.24) is 4.90 Å². The number of amides is 1. The maximum atomic E-state index is 12.6. The van der Waals surface area contributed by atoms with E-state index in [1.54, 1.807) is 11.9 Å². The number of benzene rings is 2. The van der Waals surface area contributed by atoms with Gasteiger partial charge >= 0.3 is 0 Å². The van der Waals surface area contributed by atoms with Crippen LogP contribution in [0.25, 0.3) is 0 Å². The minimum Gasteiger partial charge on any atom is -0.337 e. The Labute approximate surface area is 159 Å². The molecule has 0 bridgehead atoms. The summed E-state index contributed by atoms with van der Waals surface area (Å²) in [5.41, 5.74) is 1.38. The molecular weight excluding hydrogens is 386 g/mol. The number of rotatable bonds is 5. The average molecular weight is 408 g/mol. The van der Waals surface area contributed by atoms with Crippen LogP contribution >= 0.6 is 0 Å². The predicted octanol–water partition coefficient (Wildman–Crippen LogP) is 1.92. The lowest BCUT2D eigenvalue weighted by molar-refractivity contribution is 0.0785. The summed E-state index contributed by atoms with van der Waals surface area (Å²) in [5.74, 6) is -0.653. The van der Waals surface area contributed by atoms with Gasteiger partial charge in [-0.05, 0) is 36.2 Å². The number of carbonyl (C=O) groups excluding carboxylic acids is 1. The van der Waals surface area contributed by atoms with Crippen LogP contribution in [0.3, 0.4) is 0 Å². The molecule has 2 aromatic rings. The molecule has 6 nitrogen and oxygen atoms in total. The first-order valence-electron chi connectivity index (χ1n) is 8.53. The Morgan fingerprint density at radius 2 is 1.70 bits per heavy atom. The van der Waals surface area contributed by atoms with Crippen molar-refractivity contribution in [3.63, 3.8) is 0 Å². The van der Waals surface area contributed by atoms with Gasteiger partial charge in [-0.1, -0.05) is 30.3 Å². The molecule has 1 unspecified atom stereocenters. The van der Waals surface area contributed by atoms with Gasteiger partial charge in [0.1, 0.15) is 0 Å². The molecule has 0 radical (unpaired) electrons. The van der Waals surface area contributed by atoms with Crippen LogP contribution in [-0.4, -0.2) is 51.4 Å². The molecule has 1 atom stereocenters. The van der Waals surface area contributed by atoms with Crippen LogP contribution < -0.4 is 0 Å². The van der Waals surface area contributed by atoms with Gasteiger partial charge < -0.3 is 4.90 Å². The minimum atomic E-state index is -3.73. The fourth-order valence-electron chi connectivity index (χ4n) is 3.13. The van der Waals surface area contributed by atoms with Crippen molar-refractivity contribution >= 4 is 25.6 Å². The van der Waals surface area contributed by atoms with Crippen molar-refractivity contribution in [3.8, 4) is 0 Å². The first-order chi connectivity index (χ1) is 12.7. The quantitative estimate of drug-likeness (QED) is 0.756. The number of sulfone groups is 2. The molecule has 0 N–H and O–H groups in total. The first kappa shape index (κ1) is 19.6. The van der Waals surface area contributed by atoms with Crippen LogP contribution in [0, 0.1) is 0 Å². The highest BCUT2D eigenvalue weighted by atomic mass is 32.2. The van der Waals surface area contributed by atoms with Gasteiger partial charge in [-0.15, -0.1) is 0 Å². The highest BCUT2D eigenvalue weighted by Crippen LogP contribution is 2.25. The zero-order chi connectivity index (χ0) is 19.7. The molecule has 1 heterocycles. The summed E-state index contributed by atoms with van der Waals surface area (Å²) in [6.45, 7) is 0.444. The molecular formula is C19H21NO5S2. The Bertz CT molecular complexity index is 1030. The molecule has 0 aromatic heterocycles. The van der Waals surface area contributed by atoms with E-state index in [-0.39, 0.29) is 28.7 Å². The largest absolute Gasteiger partial charge is 0.337 e. The summed E-state index contributed by atoms with van der Waals surface area (Å²) >= 11 is 0. The fourth-order valence-corrected chi connectivity index (χ4v) is 7.49. The fraction of sp³-hybridized carbons (Fsp3) is 0.316. The lowest BCUT2D eigenvalue weighted by Gasteiger charge is -2.18. The van der Waals surface area contributed by atoms with Gasteiger partial charge in [-0.3, -0.25) is 4.79 Å². The average Bonchev–Trinajstić information content (AvgIpc) is 3.02. The van der Waals surface area contributed by atoms with E-state index < -0.39 is 24.9 Å². The number of nitrogens with zero attached hydrogens (tertiary/aromatic N) is 1. The molecule has 1 aliphatic rings. The second-order valence-electron chi connectivity index (χ2n) is 6.74. The molecule has 1 fully saturated rings. The lowest BCUT2D eigenvalue weighted by atomic mass is 10.1. The normalized spacial score (nSPS) is 18.9. The van der Waals surface area contributed by atoms with Crippen LogP contribution in [0.4, 0.5) is 0 Å². The highest BCUT2D eigenvalue weighted by Gasteiger charge is 2.38. The second-order valence-corrected chi connectivity index (χ2v) is 11.2. The van der Waals surface area contributed by atoms with Gasteiger partial charge in [0.05, 0.1) is 21.7 Å². The molecule has 1 amide bonds. The van der Waals surface area contributed by atoms with Crippen LogP contribution in [-0.2, 0) is 26.2 Å². The summed E-state index contributed by atoms with van der Waals surface area (Å²) in [6, 6.07) is 15.3. The molecule has 27 heavy (non-hydrogen) atoms. The summed E-state index contributed by atoms with van der Waals surface area (Å²) in [4.78, 5) is 14.2. The highest BCUT2D eigenvalue weighted by molar-refractivity contribution is 7.96. The van der Waals surface area contributed by atoms with Crippen LogP contribution in [0.5, 0.6) is 0 Å². The van der Waals surface area contributed by atoms with E-state index in [1.807, 2.05) is 30.3 Å². The Hall–Kier alpha value is -2.19. The number of carbonyl (C=O) groups is 1. The Morgan fingerprint density at radius 1 is 1.07 bits per heavy atom. The smallest absolute Gasteiger partial charge is 0.253 e. The van der Waals surface area contributed by atoms with Gasteiger partial charge in [0.15, 0.2) is 19.7 Å². The maximum absolute atomic E-state index is 12.6. The van der Waals surface area contributed by atoms with E-state index in [9.17, 15) is 21.6 Å². The van der Waals surface area contributed by atoms with Crippen LogP contribution in [0.2, 0.25) is 0 Å². The molecule has 0 spiro atoms. The molecule has 8 heteroatoms. The molecule has 3 rings (SSSR count). The standard InChI is InChI=1S/C19H21NO5S2/c1-20(13-15-5-3-2-4-6-15)19(21)16-7-9-17(10-8-16)27(24,25)18-11-12-26(22,23)14-18/h2-10,18H,11-14H2,1H3. The van der Waals surface area contributed by atoms with E-state index in [1.165, 1.54) is 24.3 Å². The zero-order valence-electron chi connectivity index (χ0n) is 14.9. The van der Waals surface area contributed by atoms with Crippen molar-refractivity contribution in [2.75, 3.05) is 18.6 Å². The van der Waals surface area contributed by atoms with E-state index in [2.05, 4.69) is 0 Å². The monoisotopic (exact) mass is 407 g/mol. The van der Waals surface area contributed by atoms with Crippen molar-refractivity contribution in [2.45, 2.75) is 23.1 Å². The van der Waals surface area contributed by atoms with Crippen molar-refractivity contribution in [3.05, 3.63) is 65.7 Å². The molecule has 2 aromatic carbocycles. The summed E-state index contributed by atoms with van der Waals surface area (Å²) in [5, 5.41) is -0.912. The third-order valence-electron chi connectivity index (χ3n) is 4.67.